The minimum Gasteiger partial charge on any atom is -0.493 e. The van der Waals surface area contributed by atoms with Crippen LogP contribution in [0.5, 0.6) is 5.75 Å². The fraction of sp³-hybridized carbons (Fsp3) is 0.429. The topological polar surface area (TPSA) is 86.3 Å². The predicted molar refractivity (Wildman–Crippen MR) is 105 cm³/mol. The van der Waals surface area contributed by atoms with E-state index in [1.807, 2.05) is 47.8 Å². The van der Waals surface area contributed by atoms with Gasteiger partial charge in [-0.15, -0.1) is 0 Å². The highest BCUT2D eigenvalue weighted by Gasteiger charge is 2.33. The Kier molecular flexibility index (Phi) is 4.34. The van der Waals surface area contributed by atoms with Crippen LogP contribution in [0.3, 0.4) is 0 Å². The van der Waals surface area contributed by atoms with Gasteiger partial charge in [0.1, 0.15) is 5.75 Å². The molecule has 150 valence electrons. The molecule has 1 aliphatic carbocycles. The largest absolute Gasteiger partial charge is 0.493 e. The Hall–Kier alpha value is -3.16. The Bertz CT molecular complexity index is 1070. The van der Waals surface area contributed by atoms with Crippen molar-refractivity contribution in [3.63, 3.8) is 0 Å². The van der Waals surface area contributed by atoms with Gasteiger partial charge in [0.2, 0.25) is 0 Å². The third-order valence-electron chi connectivity index (χ3n) is 5.53. The van der Waals surface area contributed by atoms with E-state index in [4.69, 9.17) is 9.26 Å². The number of nitrogens with zero attached hydrogens (tertiary/aromatic N) is 5. The first-order chi connectivity index (χ1) is 14.2. The molecule has 1 fully saturated rings. The highest BCUT2D eigenvalue weighted by atomic mass is 16.5. The molecule has 1 aromatic carbocycles. The second-order valence-electron chi connectivity index (χ2n) is 7.54. The third-order valence-corrected chi connectivity index (χ3v) is 5.53. The van der Waals surface area contributed by atoms with Gasteiger partial charge in [-0.05, 0) is 31.9 Å². The molecule has 3 heterocycles. The number of aromatic nitrogens is 4. The van der Waals surface area contributed by atoms with Crippen molar-refractivity contribution in [2.45, 2.75) is 38.6 Å². The van der Waals surface area contributed by atoms with E-state index in [0.717, 1.165) is 36.3 Å². The number of fused-ring (bicyclic) bond motifs is 1. The zero-order valence-electron chi connectivity index (χ0n) is 16.6. The number of aryl methyl sites for hydroxylation is 1. The van der Waals surface area contributed by atoms with Gasteiger partial charge in [0, 0.05) is 37.2 Å². The Labute approximate surface area is 168 Å². The second kappa shape index (κ2) is 7.02. The van der Waals surface area contributed by atoms with Crippen LogP contribution in [0, 0.1) is 0 Å². The van der Waals surface area contributed by atoms with Crippen LogP contribution in [0.1, 0.15) is 53.1 Å². The number of para-hydroxylation sites is 1. The van der Waals surface area contributed by atoms with Gasteiger partial charge < -0.3 is 14.2 Å². The number of hydrogen-bond acceptors (Lipinski definition) is 6. The number of rotatable bonds is 5. The standard InChI is InChI=1S/C21H23N5O3/c1-3-28-17-7-5-4-6-14(17)21(27)26-11-10-16-15(12-26)18(23-25(16)2)20-22-19(24-29-20)13-8-9-13/h4-7,13H,3,8-12H2,1-2H3. The molecule has 1 amide bonds. The number of carbonyl (C=O) groups is 1. The summed E-state index contributed by atoms with van der Waals surface area (Å²) in [5.41, 5.74) is 3.34. The van der Waals surface area contributed by atoms with Crippen molar-refractivity contribution in [1.29, 1.82) is 0 Å². The molecule has 8 heteroatoms. The smallest absolute Gasteiger partial charge is 0.278 e. The molecule has 0 radical (unpaired) electrons. The van der Waals surface area contributed by atoms with Crippen molar-refractivity contribution in [3.8, 4) is 17.3 Å². The summed E-state index contributed by atoms with van der Waals surface area (Å²) in [5, 5.41) is 8.74. The van der Waals surface area contributed by atoms with Crippen molar-refractivity contribution < 1.29 is 14.1 Å². The van der Waals surface area contributed by atoms with Gasteiger partial charge >= 0.3 is 0 Å². The van der Waals surface area contributed by atoms with Crippen LogP contribution in [0.25, 0.3) is 11.6 Å². The molecule has 1 aliphatic heterocycles. The SMILES string of the molecule is CCOc1ccccc1C(=O)N1CCc2c(c(-c3nc(C4CC4)no3)nn2C)C1. The molecule has 5 rings (SSSR count). The van der Waals surface area contributed by atoms with Gasteiger partial charge in [-0.2, -0.15) is 10.1 Å². The Morgan fingerprint density at radius 2 is 2.14 bits per heavy atom. The predicted octanol–water partition coefficient (Wildman–Crippen LogP) is 2.94. The Morgan fingerprint density at radius 1 is 1.31 bits per heavy atom. The Morgan fingerprint density at radius 3 is 2.93 bits per heavy atom. The molecule has 0 bridgehead atoms. The van der Waals surface area contributed by atoms with Crippen LogP contribution in [0.4, 0.5) is 0 Å². The van der Waals surface area contributed by atoms with Crippen LogP contribution >= 0.6 is 0 Å². The Balaban J connectivity index is 1.45. The van der Waals surface area contributed by atoms with Crippen LogP contribution in [0.15, 0.2) is 28.8 Å². The fourth-order valence-electron chi connectivity index (χ4n) is 3.87. The van der Waals surface area contributed by atoms with Crippen molar-refractivity contribution in [1.82, 2.24) is 24.8 Å². The summed E-state index contributed by atoms with van der Waals surface area (Å²) in [5.74, 6) is 2.18. The van der Waals surface area contributed by atoms with Gasteiger partial charge in [-0.1, -0.05) is 17.3 Å². The molecule has 29 heavy (non-hydrogen) atoms. The molecular formula is C21H23N5O3. The van der Waals surface area contributed by atoms with Crippen LogP contribution in [0.2, 0.25) is 0 Å². The van der Waals surface area contributed by atoms with E-state index in [9.17, 15) is 4.79 Å². The van der Waals surface area contributed by atoms with E-state index >= 15 is 0 Å². The summed E-state index contributed by atoms with van der Waals surface area (Å²) in [6.07, 6.45) is 2.95. The van der Waals surface area contributed by atoms with Crippen molar-refractivity contribution in [2.75, 3.05) is 13.2 Å². The van der Waals surface area contributed by atoms with Crippen molar-refractivity contribution in [2.24, 2.45) is 7.05 Å². The maximum Gasteiger partial charge on any atom is 0.278 e. The highest BCUT2D eigenvalue weighted by Crippen LogP contribution is 2.39. The van der Waals surface area contributed by atoms with E-state index < -0.39 is 0 Å². The number of hydrogen-bond donors (Lipinski definition) is 0. The minimum absolute atomic E-state index is 0.0429. The zero-order valence-corrected chi connectivity index (χ0v) is 16.6. The molecule has 0 spiro atoms. The fourth-order valence-corrected chi connectivity index (χ4v) is 3.87. The molecule has 8 nitrogen and oxygen atoms in total. The number of ether oxygens (including phenoxy) is 1. The molecule has 0 N–H and O–H groups in total. The first kappa shape index (κ1) is 17.9. The second-order valence-corrected chi connectivity index (χ2v) is 7.54. The average Bonchev–Trinajstić information content (AvgIpc) is 3.39. The molecule has 0 unspecified atom stereocenters. The quantitative estimate of drug-likeness (QED) is 0.662. The third kappa shape index (κ3) is 3.18. The van der Waals surface area contributed by atoms with E-state index in [2.05, 4.69) is 15.2 Å². The molecular weight excluding hydrogens is 370 g/mol. The van der Waals surface area contributed by atoms with Gasteiger partial charge in [0.25, 0.3) is 11.8 Å². The average molecular weight is 393 g/mol. The summed E-state index contributed by atoms with van der Waals surface area (Å²) in [6.45, 7) is 3.51. The molecule has 1 saturated carbocycles. The first-order valence-electron chi connectivity index (χ1n) is 10.1. The van der Waals surface area contributed by atoms with Crippen molar-refractivity contribution in [3.05, 3.63) is 46.9 Å². The number of amides is 1. The van der Waals surface area contributed by atoms with Crippen LogP contribution in [-0.2, 0) is 20.0 Å². The summed E-state index contributed by atoms with van der Waals surface area (Å²) < 4.78 is 13.0. The van der Waals surface area contributed by atoms with Crippen LogP contribution in [-0.4, -0.2) is 43.9 Å². The first-order valence-corrected chi connectivity index (χ1v) is 10.1. The summed E-state index contributed by atoms with van der Waals surface area (Å²) >= 11 is 0. The highest BCUT2D eigenvalue weighted by molar-refractivity contribution is 5.97. The minimum atomic E-state index is -0.0429. The van der Waals surface area contributed by atoms with Crippen LogP contribution < -0.4 is 4.74 Å². The summed E-state index contributed by atoms with van der Waals surface area (Å²) in [6, 6.07) is 7.38. The van der Waals surface area contributed by atoms with E-state index in [0.29, 0.717) is 48.5 Å². The summed E-state index contributed by atoms with van der Waals surface area (Å²) in [4.78, 5) is 19.6. The maximum atomic E-state index is 13.2. The normalized spacial score (nSPS) is 16.0. The van der Waals surface area contributed by atoms with Gasteiger partial charge in [-0.25, -0.2) is 0 Å². The number of carbonyl (C=O) groups excluding carboxylic acids is 1. The molecule has 0 atom stereocenters. The lowest BCUT2D eigenvalue weighted by Gasteiger charge is -2.28. The lowest BCUT2D eigenvalue weighted by molar-refractivity contribution is 0.0729. The van der Waals surface area contributed by atoms with Gasteiger partial charge in [0.15, 0.2) is 11.5 Å². The lowest BCUT2D eigenvalue weighted by Crippen LogP contribution is -2.36. The molecule has 3 aromatic rings. The maximum absolute atomic E-state index is 13.2. The number of benzene rings is 1. The van der Waals surface area contributed by atoms with E-state index in [-0.39, 0.29) is 5.91 Å². The lowest BCUT2D eigenvalue weighted by atomic mass is 10.0. The van der Waals surface area contributed by atoms with Crippen molar-refractivity contribution >= 4 is 5.91 Å². The molecule has 0 saturated heterocycles. The van der Waals surface area contributed by atoms with Gasteiger partial charge in [-0.3, -0.25) is 9.48 Å². The van der Waals surface area contributed by atoms with E-state index in [1.165, 1.54) is 0 Å². The van der Waals surface area contributed by atoms with E-state index in [1.54, 1.807) is 0 Å². The molecule has 2 aliphatic rings. The monoisotopic (exact) mass is 393 g/mol. The van der Waals surface area contributed by atoms with Gasteiger partial charge in [0.05, 0.1) is 18.7 Å². The molecule has 2 aromatic heterocycles. The summed E-state index contributed by atoms with van der Waals surface area (Å²) in [7, 11) is 1.92. The zero-order chi connectivity index (χ0) is 20.0.